The Morgan fingerprint density at radius 3 is 2.50 bits per heavy atom. The first-order valence-corrected chi connectivity index (χ1v) is 5.55. The smallest absolute Gasteiger partial charge is 0.309 e. The van der Waals surface area contributed by atoms with Crippen LogP contribution in [0.25, 0.3) is 0 Å². The van der Waals surface area contributed by atoms with Gasteiger partial charge in [-0.2, -0.15) is 0 Å². The Morgan fingerprint density at radius 1 is 1.28 bits per heavy atom. The van der Waals surface area contributed by atoms with E-state index in [0.29, 0.717) is 17.9 Å². The van der Waals surface area contributed by atoms with Crippen molar-refractivity contribution in [1.82, 2.24) is 0 Å². The first kappa shape index (κ1) is 14.3. The maximum atomic E-state index is 11.1. The zero-order valence-electron chi connectivity index (χ0n) is 10.8. The topological polar surface area (TPSA) is 65.0 Å². The molecule has 5 nitrogen and oxygen atoms in total. The number of benzene rings is 1. The quantitative estimate of drug-likeness (QED) is 0.800. The third-order valence-electron chi connectivity index (χ3n) is 2.68. The van der Waals surface area contributed by atoms with Gasteiger partial charge in [0.25, 0.3) is 0 Å². The second-order valence-electron chi connectivity index (χ2n) is 3.87. The van der Waals surface area contributed by atoms with Crippen LogP contribution in [0.15, 0.2) is 18.2 Å². The molecule has 1 atom stereocenters. The molecule has 1 unspecified atom stereocenters. The lowest BCUT2D eigenvalue weighted by molar-refractivity contribution is -0.143. The highest BCUT2D eigenvalue weighted by Gasteiger charge is 2.20. The van der Waals surface area contributed by atoms with Crippen molar-refractivity contribution in [2.45, 2.75) is 6.42 Å². The fourth-order valence-corrected chi connectivity index (χ4v) is 1.70. The van der Waals surface area contributed by atoms with Gasteiger partial charge in [0.15, 0.2) is 0 Å². The van der Waals surface area contributed by atoms with E-state index in [4.69, 9.17) is 19.3 Å². The fraction of sp³-hybridized carbons (Fsp3) is 0.462. The number of aliphatic carboxylic acids is 1. The molecule has 0 radical (unpaired) electrons. The third kappa shape index (κ3) is 3.63. The van der Waals surface area contributed by atoms with Gasteiger partial charge in [0.2, 0.25) is 0 Å². The molecule has 0 saturated heterocycles. The highest BCUT2D eigenvalue weighted by Crippen LogP contribution is 2.26. The molecule has 100 valence electrons. The van der Waals surface area contributed by atoms with Gasteiger partial charge in [0.1, 0.15) is 11.5 Å². The van der Waals surface area contributed by atoms with Crippen LogP contribution in [0.1, 0.15) is 5.56 Å². The summed E-state index contributed by atoms with van der Waals surface area (Å²) in [4.78, 5) is 11.1. The lowest BCUT2D eigenvalue weighted by Gasteiger charge is -2.14. The van der Waals surface area contributed by atoms with Gasteiger partial charge in [0, 0.05) is 13.2 Å². The highest BCUT2D eigenvalue weighted by molar-refractivity contribution is 5.70. The number of carboxylic acids is 1. The summed E-state index contributed by atoms with van der Waals surface area (Å²) < 4.78 is 15.2. The van der Waals surface area contributed by atoms with Crippen molar-refractivity contribution < 1.29 is 24.1 Å². The van der Waals surface area contributed by atoms with Gasteiger partial charge in [-0.3, -0.25) is 4.79 Å². The SMILES string of the molecule is COCC(Cc1ccc(OC)cc1OC)C(=O)O. The number of carbonyl (C=O) groups is 1. The monoisotopic (exact) mass is 254 g/mol. The molecule has 0 bridgehead atoms. The minimum absolute atomic E-state index is 0.171. The maximum absolute atomic E-state index is 11.1. The van der Waals surface area contributed by atoms with Crippen molar-refractivity contribution in [1.29, 1.82) is 0 Å². The number of hydrogen-bond donors (Lipinski definition) is 1. The normalized spacial score (nSPS) is 11.9. The van der Waals surface area contributed by atoms with E-state index in [2.05, 4.69) is 0 Å². The summed E-state index contributed by atoms with van der Waals surface area (Å²) in [5.41, 5.74) is 0.822. The van der Waals surface area contributed by atoms with Crippen molar-refractivity contribution in [3.8, 4) is 11.5 Å². The molecule has 1 rings (SSSR count). The van der Waals surface area contributed by atoms with Gasteiger partial charge in [0.05, 0.1) is 26.7 Å². The molecule has 0 aliphatic heterocycles. The Labute approximate surface area is 106 Å². The van der Waals surface area contributed by atoms with E-state index in [1.165, 1.54) is 7.11 Å². The number of hydrogen-bond acceptors (Lipinski definition) is 4. The summed E-state index contributed by atoms with van der Waals surface area (Å²) in [6, 6.07) is 5.33. The van der Waals surface area contributed by atoms with Crippen molar-refractivity contribution in [2.24, 2.45) is 5.92 Å². The average Bonchev–Trinajstić information content (AvgIpc) is 2.38. The molecule has 1 aromatic carbocycles. The zero-order valence-corrected chi connectivity index (χ0v) is 10.8. The molecule has 0 heterocycles. The minimum atomic E-state index is -0.880. The molecular weight excluding hydrogens is 236 g/mol. The van der Waals surface area contributed by atoms with E-state index in [9.17, 15) is 4.79 Å². The van der Waals surface area contributed by atoms with E-state index >= 15 is 0 Å². The van der Waals surface area contributed by atoms with Gasteiger partial charge in [-0.15, -0.1) is 0 Å². The first-order valence-electron chi connectivity index (χ1n) is 5.55. The largest absolute Gasteiger partial charge is 0.497 e. The predicted octanol–water partition coefficient (Wildman–Crippen LogP) is 1.59. The van der Waals surface area contributed by atoms with E-state index in [1.54, 1.807) is 26.4 Å². The van der Waals surface area contributed by atoms with Crippen LogP contribution >= 0.6 is 0 Å². The summed E-state index contributed by atoms with van der Waals surface area (Å²) in [6.07, 6.45) is 0.357. The molecule has 1 aromatic rings. The van der Waals surface area contributed by atoms with Crippen molar-refractivity contribution >= 4 is 5.97 Å². The second kappa shape index (κ2) is 6.86. The lowest BCUT2D eigenvalue weighted by atomic mass is 9.99. The Morgan fingerprint density at radius 2 is 2.00 bits per heavy atom. The molecule has 18 heavy (non-hydrogen) atoms. The van der Waals surface area contributed by atoms with Crippen LogP contribution in [-0.2, 0) is 16.0 Å². The average molecular weight is 254 g/mol. The molecule has 0 saturated carbocycles. The van der Waals surface area contributed by atoms with Crippen molar-refractivity contribution in [3.05, 3.63) is 23.8 Å². The van der Waals surface area contributed by atoms with Crippen LogP contribution < -0.4 is 9.47 Å². The zero-order chi connectivity index (χ0) is 13.5. The number of ether oxygens (including phenoxy) is 3. The first-order chi connectivity index (χ1) is 8.62. The van der Waals surface area contributed by atoms with E-state index in [1.807, 2.05) is 6.07 Å². The summed E-state index contributed by atoms with van der Waals surface area (Å²) in [5.74, 6) is -0.169. The van der Waals surface area contributed by atoms with E-state index < -0.39 is 11.9 Å². The predicted molar refractivity (Wildman–Crippen MR) is 66.3 cm³/mol. The second-order valence-corrected chi connectivity index (χ2v) is 3.87. The van der Waals surface area contributed by atoms with Crippen LogP contribution in [0.3, 0.4) is 0 Å². The summed E-state index contributed by atoms with van der Waals surface area (Å²) in [5, 5.41) is 9.08. The molecule has 0 fully saturated rings. The summed E-state index contributed by atoms with van der Waals surface area (Å²) in [6.45, 7) is 0.171. The van der Waals surface area contributed by atoms with Gasteiger partial charge < -0.3 is 19.3 Å². The standard InChI is InChI=1S/C13H18O5/c1-16-8-10(13(14)15)6-9-4-5-11(17-2)7-12(9)18-3/h4-5,7,10H,6,8H2,1-3H3,(H,14,15). The van der Waals surface area contributed by atoms with Gasteiger partial charge in [-0.25, -0.2) is 0 Å². The van der Waals surface area contributed by atoms with E-state index in [0.717, 1.165) is 5.56 Å². The van der Waals surface area contributed by atoms with Crippen LogP contribution in [0.5, 0.6) is 11.5 Å². The van der Waals surface area contributed by atoms with Gasteiger partial charge in [-0.1, -0.05) is 6.07 Å². The lowest BCUT2D eigenvalue weighted by Crippen LogP contribution is -2.21. The number of rotatable bonds is 7. The maximum Gasteiger partial charge on any atom is 0.309 e. The molecule has 1 N–H and O–H groups in total. The van der Waals surface area contributed by atoms with Gasteiger partial charge in [-0.05, 0) is 18.1 Å². The molecule has 0 amide bonds. The molecule has 0 aromatic heterocycles. The highest BCUT2D eigenvalue weighted by atomic mass is 16.5. The molecule has 0 aliphatic rings. The summed E-state index contributed by atoms with van der Waals surface area (Å²) in [7, 11) is 4.60. The van der Waals surface area contributed by atoms with Gasteiger partial charge >= 0.3 is 5.97 Å². The molecular formula is C13H18O5. The van der Waals surface area contributed by atoms with Crippen LogP contribution in [0.2, 0.25) is 0 Å². The number of carboxylic acid groups (broad SMARTS) is 1. The van der Waals surface area contributed by atoms with E-state index in [-0.39, 0.29) is 6.61 Å². The van der Waals surface area contributed by atoms with Crippen LogP contribution in [0.4, 0.5) is 0 Å². The van der Waals surface area contributed by atoms with Crippen molar-refractivity contribution in [3.63, 3.8) is 0 Å². The Kier molecular flexibility index (Phi) is 5.45. The van der Waals surface area contributed by atoms with Crippen molar-refractivity contribution in [2.75, 3.05) is 27.9 Å². The Hall–Kier alpha value is -1.75. The van der Waals surface area contributed by atoms with Crippen LogP contribution in [0, 0.1) is 5.92 Å². The molecule has 0 spiro atoms. The summed E-state index contributed by atoms with van der Waals surface area (Å²) >= 11 is 0. The Bertz CT molecular complexity index is 402. The number of methoxy groups -OCH3 is 3. The Balaban J connectivity index is 2.91. The fourth-order valence-electron chi connectivity index (χ4n) is 1.70. The molecule has 0 aliphatic carbocycles. The molecule has 5 heteroatoms. The van der Waals surface area contributed by atoms with Crippen LogP contribution in [-0.4, -0.2) is 39.0 Å². The minimum Gasteiger partial charge on any atom is -0.497 e. The third-order valence-corrected chi connectivity index (χ3v) is 2.68.